The van der Waals surface area contributed by atoms with Crippen LogP contribution in [0.2, 0.25) is 0 Å². The third kappa shape index (κ3) is 1.56. The van der Waals surface area contributed by atoms with Crippen molar-refractivity contribution in [2.24, 2.45) is 5.41 Å². The van der Waals surface area contributed by atoms with E-state index in [1.165, 1.54) is 10.6 Å². The van der Waals surface area contributed by atoms with Crippen molar-refractivity contribution in [3.63, 3.8) is 0 Å². The minimum absolute atomic E-state index is 0.134. The fourth-order valence-corrected chi connectivity index (χ4v) is 2.08. The molecule has 1 fully saturated rings. The fourth-order valence-electron chi connectivity index (χ4n) is 2.08. The fraction of sp³-hybridized carbons (Fsp3) is 0.500. The molecular weight excluding hydrogens is 174 g/mol. The van der Waals surface area contributed by atoms with E-state index in [1.807, 2.05) is 18.2 Å². The maximum absolute atomic E-state index is 9.71. The standard InChI is InChI=1S/C12H17NO/c1-12(2,3)11-10(13(11)14)9-7-5-4-6-8-9/h4-8,10-11,14H,1-3H3. The Morgan fingerprint density at radius 3 is 2.14 bits per heavy atom. The molecule has 1 aromatic rings. The summed E-state index contributed by atoms with van der Waals surface area (Å²) >= 11 is 0. The van der Waals surface area contributed by atoms with Crippen LogP contribution in [0.25, 0.3) is 0 Å². The van der Waals surface area contributed by atoms with Crippen molar-refractivity contribution in [1.29, 1.82) is 0 Å². The van der Waals surface area contributed by atoms with Gasteiger partial charge in [-0.2, -0.15) is 5.06 Å². The molecule has 76 valence electrons. The summed E-state index contributed by atoms with van der Waals surface area (Å²) in [6.45, 7) is 6.47. The van der Waals surface area contributed by atoms with Gasteiger partial charge in [0.15, 0.2) is 0 Å². The largest absolute Gasteiger partial charge is 0.313 e. The Morgan fingerprint density at radius 1 is 1.14 bits per heavy atom. The molecule has 3 atom stereocenters. The third-order valence-corrected chi connectivity index (χ3v) is 2.81. The summed E-state index contributed by atoms with van der Waals surface area (Å²) in [7, 11) is 0. The van der Waals surface area contributed by atoms with Crippen LogP contribution in [-0.4, -0.2) is 16.3 Å². The van der Waals surface area contributed by atoms with Crippen LogP contribution >= 0.6 is 0 Å². The molecule has 1 saturated heterocycles. The van der Waals surface area contributed by atoms with E-state index in [1.54, 1.807) is 0 Å². The summed E-state index contributed by atoms with van der Waals surface area (Å²) in [6, 6.07) is 10.6. The number of nitrogens with zero attached hydrogens (tertiary/aromatic N) is 1. The molecule has 0 bridgehead atoms. The van der Waals surface area contributed by atoms with Gasteiger partial charge in [0, 0.05) is 0 Å². The molecule has 1 N–H and O–H groups in total. The van der Waals surface area contributed by atoms with Crippen LogP contribution in [0.1, 0.15) is 32.4 Å². The van der Waals surface area contributed by atoms with E-state index in [0.717, 1.165) is 0 Å². The first-order valence-electron chi connectivity index (χ1n) is 5.04. The molecule has 2 rings (SSSR count). The zero-order valence-electron chi connectivity index (χ0n) is 8.94. The molecule has 1 aliphatic rings. The lowest BCUT2D eigenvalue weighted by Gasteiger charge is -2.16. The molecule has 0 radical (unpaired) electrons. The second-order valence-electron chi connectivity index (χ2n) is 5.05. The Bertz CT molecular complexity index is 315. The van der Waals surface area contributed by atoms with E-state index in [9.17, 15) is 5.21 Å². The lowest BCUT2D eigenvalue weighted by atomic mass is 9.88. The molecule has 0 saturated carbocycles. The average Bonchev–Trinajstić information content (AvgIpc) is 2.78. The highest BCUT2D eigenvalue weighted by atomic mass is 16.5. The molecule has 14 heavy (non-hydrogen) atoms. The van der Waals surface area contributed by atoms with Crippen molar-refractivity contribution in [1.82, 2.24) is 5.06 Å². The van der Waals surface area contributed by atoms with Gasteiger partial charge in [0.05, 0.1) is 12.1 Å². The normalized spacial score (nSPS) is 31.6. The maximum atomic E-state index is 9.71. The van der Waals surface area contributed by atoms with Crippen molar-refractivity contribution in [2.45, 2.75) is 32.9 Å². The van der Waals surface area contributed by atoms with Gasteiger partial charge in [0.25, 0.3) is 0 Å². The van der Waals surface area contributed by atoms with E-state index in [4.69, 9.17) is 0 Å². The molecule has 2 nitrogen and oxygen atoms in total. The van der Waals surface area contributed by atoms with Gasteiger partial charge < -0.3 is 5.21 Å². The summed E-state index contributed by atoms with van der Waals surface area (Å²) in [5.41, 5.74) is 1.34. The average molecular weight is 191 g/mol. The van der Waals surface area contributed by atoms with Crippen molar-refractivity contribution < 1.29 is 5.21 Å². The second-order valence-corrected chi connectivity index (χ2v) is 5.05. The SMILES string of the molecule is CC(C)(C)C1C(c2ccccc2)N1O. The van der Waals surface area contributed by atoms with Crippen molar-refractivity contribution in [3.05, 3.63) is 35.9 Å². The van der Waals surface area contributed by atoms with Crippen molar-refractivity contribution >= 4 is 0 Å². The van der Waals surface area contributed by atoms with Gasteiger partial charge in [0.2, 0.25) is 0 Å². The first-order valence-corrected chi connectivity index (χ1v) is 5.04. The first kappa shape index (κ1) is 9.69. The minimum Gasteiger partial charge on any atom is -0.313 e. The Balaban J connectivity index is 2.18. The highest BCUT2D eigenvalue weighted by Gasteiger charge is 2.54. The van der Waals surface area contributed by atoms with Crippen LogP contribution in [0.15, 0.2) is 30.3 Å². The molecule has 0 aliphatic carbocycles. The molecule has 2 heteroatoms. The Labute approximate surface area is 85.1 Å². The number of rotatable bonds is 1. The zero-order chi connectivity index (χ0) is 10.3. The van der Waals surface area contributed by atoms with Gasteiger partial charge in [0.1, 0.15) is 0 Å². The molecule has 1 aromatic carbocycles. The molecule has 0 spiro atoms. The molecule has 0 aromatic heterocycles. The summed E-state index contributed by atoms with van der Waals surface area (Å²) < 4.78 is 0. The lowest BCUT2D eigenvalue weighted by molar-refractivity contribution is -0.00918. The molecular formula is C12H17NO. The van der Waals surface area contributed by atoms with Crippen LogP contribution in [0, 0.1) is 5.41 Å². The van der Waals surface area contributed by atoms with Gasteiger partial charge in [-0.05, 0) is 11.0 Å². The highest BCUT2D eigenvalue weighted by Crippen LogP contribution is 2.49. The molecule has 1 heterocycles. The Morgan fingerprint density at radius 2 is 1.71 bits per heavy atom. The van der Waals surface area contributed by atoms with E-state index >= 15 is 0 Å². The predicted molar refractivity (Wildman–Crippen MR) is 56.1 cm³/mol. The Hall–Kier alpha value is -0.860. The van der Waals surface area contributed by atoms with Crippen molar-refractivity contribution in [3.8, 4) is 0 Å². The predicted octanol–water partition coefficient (Wildman–Crippen LogP) is 2.85. The quantitative estimate of drug-likeness (QED) is 0.690. The molecule has 3 unspecified atom stereocenters. The van der Waals surface area contributed by atoms with Gasteiger partial charge in [-0.15, -0.1) is 0 Å². The number of hydroxylamine groups is 2. The molecule has 0 amide bonds. The van der Waals surface area contributed by atoms with Gasteiger partial charge in [-0.3, -0.25) is 0 Å². The smallest absolute Gasteiger partial charge is 0.0787 e. The summed E-state index contributed by atoms with van der Waals surface area (Å²) in [4.78, 5) is 0. The highest BCUT2D eigenvalue weighted by molar-refractivity contribution is 5.26. The summed E-state index contributed by atoms with van der Waals surface area (Å²) in [5, 5.41) is 11.2. The summed E-state index contributed by atoms with van der Waals surface area (Å²) in [5.74, 6) is 0. The van der Waals surface area contributed by atoms with Crippen molar-refractivity contribution in [2.75, 3.05) is 0 Å². The van der Waals surface area contributed by atoms with E-state index in [-0.39, 0.29) is 17.5 Å². The number of hydrogen-bond acceptors (Lipinski definition) is 2. The van der Waals surface area contributed by atoms with E-state index in [2.05, 4.69) is 32.9 Å². The summed E-state index contributed by atoms with van der Waals surface area (Å²) in [6.07, 6.45) is 0. The number of benzene rings is 1. The molecule has 1 aliphatic heterocycles. The maximum Gasteiger partial charge on any atom is 0.0787 e. The lowest BCUT2D eigenvalue weighted by Crippen LogP contribution is -2.17. The first-order chi connectivity index (χ1) is 6.52. The second kappa shape index (κ2) is 3.07. The number of hydrogen-bond donors (Lipinski definition) is 1. The zero-order valence-corrected chi connectivity index (χ0v) is 8.94. The van der Waals surface area contributed by atoms with E-state index < -0.39 is 0 Å². The Kier molecular flexibility index (Phi) is 2.13. The van der Waals surface area contributed by atoms with Crippen LogP contribution < -0.4 is 0 Å². The van der Waals surface area contributed by atoms with Crippen LogP contribution in [0.4, 0.5) is 0 Å². The van der Waals surface area contributed by atoms with Crippen LogP contribution in [-0.2, 0) is 0 Å². The van der Waals surface area contributed by atoms with Gasteiger partial charge in [-0.25, -0.2) is 0 Å². The van der Waals surface area contributed by atoms with Crippen LogP contribution in [0.3, 0.4) is 0 Å². The van der Waals surface area contributed by atoms with Gasteiger partial charge >= 0.3 is 0 Å². The monoisotopic (exact) mass is 191 g/mol. The third-order valence-electron chi connectivity index (χ3n) is 2.81. The topological polar surface area (TPSA) is 23.2 Å². The van der Waals surface area contributed by atoms with Crippen LogP contribution in [0.5, 0.6) is 0 Å². The van der Waals surface area contributed by atoms with Gasteiger partial charge in [-0.1, -0.05) is 51.1 Å². The van der Waals surface area contributed by atoms with E-state index in [0.29, 0.717) is 0 Å². The minimum atomic E-state index is 0.134.